The van der Waals surface area contributed by atoms with Gasteiger partial charge in [-0.3, -0.25) is 0 Å². The summed E-state index contributed by atoms with van der Waals surface area (Å²) in [4.78, 5) is 2.82. The molecule has 3 heteroatoms. The molecule has 0 spiro atoms. The number of ether oxygens (including phenoxy) is 1. The lowest BCUT2D eigenvalue weighted by molar-refractivity contribution is 0.0323. The van der Waals surface area contributed by atoms with Crippen molar-refractivity contribution in [2.75, 3.05) is 0 Å². The van der Waals surface area contributed by atoms with Crippen molar-refractivity contribution >= 4 is 22.7 Å². The van der Waals surface area contributed by atoms with Crippen LogP contribution in [0.3, 0.4) is 0 Å². The molecule has 2 unspecified atom stereocenters. The van der Waals surface area contributed by atoms with E-state index in [9.17, 15) is 0 Å². The number of hydrogen-bond donors (Lipinski definition) is 0. The Morgan fingerprint density at radius 1 is 0.688 bits per heavy atom. The maximum absolute atomic E-state index is 6.95. The SMILES string of the molecule is CC(C)CCCC(C)CCC1(CCC(C)CCCC(C)C)Oc2ccsc2-c2sccc21. The Kier molecular flexibility index (Phi) is 9.73. The summed E-state index contributed by atoms with van der Waals surface area (Å²) in [5.74, 6) is 4.30. The van der Waals surface area contributed by atoms with Gasteiger partial charge in [-0.2, -0.15) is 0 Å². The highest BCUT2D eigenvalue weighted by Gasteiger charge is 2.42. The van der Waals surface area contributed by atoms with E-state index in [0.29, 0.717) is 0 Å². The molecule has 32 heavy (non-hydrogen) atoms. The van der Waals surface area contributed by atoms with Gasteiger partial charge in [0.05, 0.1) is 9.75 Å². The minimum absolute atomic E-state index is 0.137. The van der Waals surface area contributed by atoms with Crippen LogP contribution in [0.5, 0.6) is 5.75 Å². The topological polar surface area (TPSA) is 9.23 Å². The first-order valence-electron chi connectivity index (χ1n) is 13.2. The molecule has 0 aliphatic carbocycles. The molecular weight excluding hydrogens is 428 g/mol. The van der Waals surface area contributed by atoms with Gasteiger partial charge in [-0.05, 0) is 72.2 Å². The number of rotatable bonds is 14. The number of fused-ring (bicyclic) bond motifs is 3. The highest BCUT2D eigenvalue weighted by atomic mass is 32.1. The first-order chi connectivity index (χ1) is 15.3. The summed E-state index contributed by atoms with van der Waals surface area (Å²) < 4.78 is 6.95. The van der Waals surface area contributed by atoms with Crippen molar-refractivity contribution < 1.29 is 4.74 Å². The summed E-state index contributed by atoms with van der Waals surface area (Å²) in [5, 5.41) is 4.49. The minimum Gasteiger partial charge on any atom is -0.481 e. The summed E-state index contributed by atoms with van der Waals surface area (Å²) in [6, 6.07) is 4.57. The summed E-state index contributed by atoms with van der Waals surface area (Å²) in [5.41, 5.74) is 1.34. The Balaban J connectivity index is 1.70. The second-order valence-electron chi connectivity index (χ2n) is 11.3. The van der Waals surface area contributed by atoms with Crippen LogP contribution in [0.2, 0.25) is 0 Å². The molecule has 3 heterocycles. The van der Waals surface area contributed by atoms with Crippen LogP contribution in [0.1, 0.15) is 111 Å². The third kappa shape index (κ3) is 6.86. The van der Waals surface area contributed by atoms with E-state index in [-0.39, 0.29) is 5.60 Å². The summed E-state index contributed by atoms with van der Waals surface area (Å²) in [6.45, 7) is 14.3. The third-order valence-electron chi connectivity index (χ3n) is 7.34. The fourth-order valence-electron chi connectivity index (χ4n) is 5.15. The number of hydrogen-bond acceptors (Lipinski definition) is 3. The molecule has 0 aromatic carbocycles. The van der Waals surface area contributed by atoms with Crippen LogP contribution in [0, 0.1) is 23.7 Å². The van der Waals surface area contributed by atoms with Crippen LogP contribution < -0.4 is 4.74 Å². The Morgan fingerprint density at radius 2 is 1.22 bits per heavy atom. The molecule has 180 valence electrons. The van der Waals surface area contributed by atoms with Crippen molar-refractivity contribution in [3.05, 3.63) is 28.5 Å². The van der Waals surface area contributed by atoms with Crippen LogP contribution in [0.15, 0.2) is 22.9 Å². The zero-order valence-electron chi connectivity index (χ0n) is 21.4. The molecule has 1 aliphatic rings. The average molecular weight is 475 g/mol. The third-order valence-corrected chi connectivity index (χ3v) is 9.31. The lowest BCUT2D eigenvalue weighted by Crippen LogP contribution is -2.36. The van der Waals surface area contributed by atoms with Crippen LogP contribution in [-0.4, -0.2) is 0 Å². The van der Waals surface area contributed by atoms with Gasteiger partial charge in [0, 0.05) is 5.56 Å². The van der Waals surface area contributed by atoms with E-state index in [1.165, 1.54) is 66.7 Å². The van der Waals surface area contributed by atoms with Crippen LogP contribution in [0.25, 0.3) is 9.75 Å². The van der Waals surface area contributed by atoms with Crippen LogP contribution in [0.4, 0.5) is 0 Å². The van der Waals surface area contributed by atoms with Gasteiger partial charge in [0.15, 0.2) is 0 Å². The fourth-order valence-corrected chi connectivity index (χ4v) is 7.13. The molecule has 0 fully saturated rings. The predicted molar refractivity (Wildman–Crippen MR) is 144 cm³/mol. The lowest BCUT2D eigenvalue weighted by atomic mass is 9.79. The largest absolute Gasteiger partial charge is 0.481 e. The van der Waals surface area contributed by atoms with Crippen molar-refractivity contribution in [2.45, 2.75) is 111 Å². The second kappa shape index (κ2) is 12.1. The van der Waals surface area contributed by atoms with E-state index in [1.807, 2.05) is 22.7 Å². The minimum atomic E-state index is -0.137. The van der Waals surface area contributed by atoms with Crippen molar-refractivity contribution in [1.29, 1.82) is 0 Å². The molecule has 0 bridgehead atoms. The second-order valence-corrected chi connectivity index (χ2v) is 13.1. The Hall–Kier alpha value is -0.800. The molecule has 1 nitrogen and oxygen atoms in total. The number of thiophene rings is 2. The molecule has 0 saturated heterocycles. The molecular formula is C29H46OS2. The van der Waals surface area contributed by atoms with Crippen LogP contribution in [-0.2, 0) is 5.60 Å². The maximum Gasteiger partial charge on any atom is 0.140 e. The van der Waals surface area contributed by atoms with Gasteiger partial charge >= 0.3 is 0 Å². The molecule has 0 saturated carbocycles. The van der Waals surface area contributed by atoms with E-state index in [0.717, 1.165) is 42.3 Å². The van der Waals surface area contributed by atoms with Gasteiger partial charge in [0.2, 0.25) is 0 Å². The normalized spacial score (nSPS) is 19.6. The zero-order chi connectivity index (χ0) is 23.1. The molecule has 0 N–H and O–H groups in total. The van der Waals surface area contributed by atoms with Gasteiger partial charge in [-0.25, -0.2) is 0 Å². The van der Waals surface area contributed by atoms with Crippen molar-refractivity contribution in [3.8, 4) is 15.5 Å². The molecule has 1 aliphatic heterocycles. The van der Waals surface area contributed by atoms with Crippen LogP contribution >= 0.6 is 22.7 Å². The van der Waals surface area contributed by atoms with Gasteiger partial charge in [-0.1, -0.05) is 80.1 Å². The highest BCUT2D eigenvalue weighted by molar-refractivity contribution is 7.20. The molecule has 2 aromatic heterocycles. The van der Waals surface area contributed by atoms with E-state index in [4.69, 9.17) is 4.74 Å². The van der Waals surface area contributed by atoms with Gasteiger partial charge in [0.25, 0.3) is 0 Å². The smallest absolute Gasteiger partial charge is 0.140 e. The Morgan fingerprint density at radius 3 is 1.78 bits per heavy atom. The summed E-state index contributed by atoms with van der Waals surface area (Å²) in [7, 11) is 0. The Bertz CT molecular complexity index is 776. The summed E-state index contributed by atoms with van der Waals surface area (Å²) in [6.07, 6.45) is 12.9. The quantitative estimate of drug-likeness (QED) is 0.264. The summed E-state index contributed by atoms with van der Waals surface area (Å²) >= 11 is 3.74. The van der Waals surface area contributed by atoms with Crippen molar-refractivity contribution in [2.24, 2.45) is 23.7 Å². The molecule has 0 radical (unpaired) electrons. The standard InChI is InChI=1S/C29H46OS2/c1-21(2)9-7-11-23(5)13-17-29(18-14-24(6)12-8-10-22(3)4)25-15-19-31-27(25)28-26(30-29)16-20-32-28/h15-16,19-24H,7-14,17-18H2,1-6H3. The van der Waals surface area contributed by atoms with Gasteiger partial charge in [0.1, 0.15) is 11.4 Å². The first-order valence-corrected chi connectivity index (χ1v) is 14.9. The molecule has 2 atom stereocenters. The predicted octanol–water partition coefficient (Wildman–Crippen LogP) is 10.5. The zero-order valence-corrected chi connectivity index (χ0v) is 23.0. The lowest BCUT2D eigenvalue weighted by Gasteiger charge is -2.39. The van der Waals surface area contributed by atoms with Gasteiger partial charge < -0.3 is 4.74 Å². The maximum atomic E-state index is 6.95. The molecule has 3 rings (SSSR count). The fraction of sp³-hybridized carbons (Fsp3) is 0.724. The van der Waals surface area contributed by atoms with E-state index < -0.39 is 0 Å². The van der Waals surface area contributed by atoms with Crippen molar-refractivity contribution in [3.63, 3.8) is 0 Å². The Labute approximate surface area is 206 Å². The van der Waals surface area contributed by atoms with E-state index >= 15 is 0 Å². The molecule has 2 aromatic rings. The monoisotopic (exact) mass is 474 g/mol. The van der Waals surface area contributed by atoms with Gasteiger partial charge in [-0.15, -0.1) is 22.7 Å². The average Bonchev–Trinajstić information content (AvgIpc) is 3.39. The first kappa shape index (κ1) is 25.8. The van der Waals surface area contributed by atoms with E-state index in [2.05, 4.69) is 64.4 Å². The highest BCUT2D eigenvalue weighted by Crippen LogP contribution is 2.54. The van der Waals surface area contributed by atoms with Crippen molar-refractivity contribution in [1.82, 2.24) is 0 Å². The molecule has 0 amide bonds. The van der Waals surface area contributed by atoms with E-state index in [1.54, 1.807) is 0 Å².